The van der Waals surface area contributed by atoms with E-state index in [1.807, 2.05) is 17.4 Å². The van der Waals surface area contributed by atoms with Crippen molar-refractivity contribution in [3.8, 4) is 0 Å². The number of thiophene rings is 1. The van der Waals surface area contributed by atoms with E-state index >= 15 is 0 Å². The van der Waals surface area contributed by atoms with E-state index in [1.54, 1.807) is 12.1 Å². The first-order valence-corrected chi connectivity index (χ1v) is 9.19. The number of benzene rings is 1. The zero-order chi connectivity index (χ0) is 16.4. The van der Waals surface area contributed by atoms with Crippen LogP contribution in [0.4, 0.5) is 0 Å². The lowest BCUT2D eigenvalue weighted by Gasteiger charge is -2.32. The van der Waals surface area contributed by atoms with Crippen LogP contribution < -0.4 is 5.32 Å². The standard InChI is InChI=1S/C17H18Cl2N2OS/c1-11-14-5-7-23-16(14)4-6-21(11)10-17(22)20-9-12-2-3-13(18)8-15(12)19/h2-3,5,7-8,11H,4,6,9-10H2,1H3,(H,20,22)/t11-/m1/s1. The maximum atomic E-state index is 12.2. The number of carbonyl (C=O) groups is 1. The molecule has 3 rings (SSSR count). The molecule has 1 aliphatic heterocycles. The summed E-state index contributed by atoms with van der Waals surface area (Å²) in [5.41, 5.74) is 2.23. The van der Waals surface area contributed by atoms with Gasteiger partial charge in [0.15, 0.2) is 0 Å². The second-order valence-corrected chi connectivity index (χ2v) is 7.55. The van der Waals surface area contributed by atoms with E-state index in [4.69, 9.17) is 23.2 Å². The highest BCUT2D eigenvalue weighted by Gasteiger charge is 2.25. The predicted molar refractivity (Wildman–Crippen MR) is 96.3 cm³/mol. The van der Waals surface area contributed by atoms with Gasteiger partial charge < -0.3 is 5.32 Å². The molecule has 23 heavy (non-hydrogen) atoms. The van der Waals surface area contributed by atoms with Crippen molar-refractivity contribution in [3.05, 3.63) is 55.7 Å². The average Bonchev–Trinajstić information content (AvgIpc) is 2.98. The van der Waals surface area contributed by atoms with Crippen LogP contribution in [0.25, 0.3) is 0 Å². The molecule has 0 unspecified atom stereocenters. The number of nitrogens with one attached hydrogen (secondary N) is 1. The Balaban J connectivity index is 1.56. The van der Waals surface area contributed by atoms with Crippen molar-refractivity contribution in [2.24, 2.45) is 0 Å². The summed E-state index contributed by atoms with van der Waals surface area (Å²) in [7, 11) is 0. The van der Waals surface area contributed by atoms with Crippen LogP contribution in [0.3, 0.4) is 0 Å². The van der Waals surface area contributed by atoms with E-state index in [0.29, 0.717) is 23.1 Å². The van der Waals surface area contributed by atoms with Crippen LogP contribution in [-0.2, 0) is 17.8 Å². The van der Waals surface area contributed by atoms with Gasteiger partial charge in [0.1, 0.15) is 0 Å². The van der Waals surface area contributed by atoms with Crippen LogP contribution in [0.1, 0.15) is 29.0 Å². The molecular formula is C17H18Cl2N2OS. The number of halogens is 2. The van der Waals surface area contributed by atoms with Gasteiger partial charge in [-0.3, -0.25) is 9.69 Å². The molecule has 2 heterocycles. The minimum atomic E-state index is 0.0153. The second-order valence-electron chi connectivity index (χ2n) is 5.71. The summed E-state index contributed by atoms with van der Waals surface area (Å²) in [6, 6.07) is 7.76. The van der Waals surface area contributed by atoms with E-state index in [0.717, 1.165) is 18.5 Å². The van der Waals surface area contributed by atoms with Crippen LogP contribution in [-0.4, -0.2) is 23.9 Å². The topological polar surface area (TPSA) is 32.3 Å². The van der Waals surface area contributed by atoms with Crippen molar-refractivity contribution in [2.75, 3.05) is 13.1 Å². The number of amides is 1. The Morgan fingerprint density at radius 3 is 3.00 bits per heavy atom. The summed E-state index contributed by atoms with van der Waals surface area (Å²) in [5.74, 6) is 0.0153. The Hall–Kier alpha value is -1.07. The molecule has 1 atom stereocenters. The number of nitrogens with zero attached hydrogens (tertiary/aromatic N) is 1. The Bertz CT molecular complexity index is 716. The van der Waals surface area contributed by atoms with E-state index in [2.05, 4.69) is 28.6 Å². The lowest BCUT2D eigenvalue weighted by Crippen LogP contribution is -2.41. The zero-order valence-corrected chi connectivity index (χ0v) is 15.1. The van der Waals surface area contributed by atoms with E-state index in [-0.39, 0.29) is 11.9 Å². The third kappa shape index (κ3) is 3.89. The molecule has 1 amide bonds. The normalized spacial score (nSPS) is 17.8. The van der Waals surface area contributed by atoms with Gasteiger partial charge in [-0.1, -0.05) is 29.3 Å². The van der Waals surface area contributed by atoms with Crippen molar-refractivity contribution in [2.45, 2.75) is 25.9 Å². The maximum Gasteiger partial charge on any atom is 0.234 e. The Morgan fingerprint density at radius 2 is 2.22 bits per heavy atom. The van der Waals surface area contributed by atoms with Gasteiger partial charge >= 0.3 is 0 Å². The number of carbonyl (C=O) groups excluding carboxylic acids is 1. The average molecular weight is 369 g/mol. The van der Waals surface area contributed by atoms with Gasteiger partial charge in [-0.2, -0.15) is 0 Å². The Labute approximate surface area is 150 Å². The number of hydrogen-bond acceptors (Lipinski definition) is 3. The summed E-state index contributed by atoms with van der Waals surface area (Å²) in [6.45, 7) is 3.90. The summed E-state index contributed by atoms with van der Waals surface area (Å²) in [5, 5.41) is 6.24. The minimum absolute atomic E-state index is 0.0153. The van der Waals surface area contributed by atoms with Gasteiger partial charge in [0.05, 0.1) is 6.54 Å². The molecule has 3 nitrogen and oxygen atoms in total. The highest BCUT2D eigenvalue weighted by Crippen LogP contribution is 2.32. The molecular weight excluding hydrogens is 351 g/mol. The Kier molecular flexibility index (Phi) is 5.27. The van der Waals surface area contributed by atoms with Gasteiger partial charge in [0, 0.05) is 34.1 Å². The van der Waals surface area contributed by atoms with Gasteiger partial charge in [-0.15, -0.1) is 11.3 Å². The lowest BCUT2D eigenvalue weighted by atomic mass is 10.0. The van der Waals surface area contributed by atoms with Gasteiger partial charge in [-0.25, -0.2) is 0 Å². The van der Waals surface area contributed by atoms with Crippen molar-refractivity contribution >= 4 is 40.4 Å². The fourth-order valence-electron chi connectivity index (χ4n) is 2.88. The molecule has 1 aromatic heterocycles. The van der Waals surface area contributed by atoms with Crippen molar-refractivity contribution in [1.29, 1.82) is 0 Å². The summed E-state index contributed by atoms with van der Waals surface area (Å²) in [6.07, 6.45) is 1.02. The van der Waals surface area contributed by atoms with Gasteiger partial charge in [-0.05, 0) is 48.1 Å². The molecule has 1 aliphatic rings. The van der Waals surface area contributed by atoms with Gasteiger partial charge in [0.25, 0.3) is 0 Å². The highest BCUT2D eigenvalue weighted by molar-refractivity contribution is 7.10. The van der Waals surface area contributed by atoms with Crippen molar-refractivity contribution < 1.29 is 4.79 Å². The molecule has 2 aromatic rings. The summed E-state index contributed by atoms with van der Waals surface area (Å²) < 4.78 is 0. The SMILES string of the molecule is C[C@@H]1c2ccsc2CCN1CC(=O)NCc1ccc(Cl)cc1Cl. The van der Waals surface area contributed by atoms with E-state index in [9.17, 15) is 4.79 Å². The molecule has 0 saturated heterocycles. The quantitative estimate of drug-likeness (QED) is 0.872. The van der Waals surface area contributed by atoms with Crippen molar-refractivity contribution in [1.82, 2.24) is 10.2 Å². The van der Waals surface area contributed by atoms with Crippen LogP contribution in [0.5, 0.6) is 0 Å². The van der Waals surface area contributed by atoms with Crippen LogP contribution >= 0.6 is 34.5 Å². The molecule has 0 radical (unpaired) electrons. The number of fused-ring (bicyclic) bond motifs is 1. The van der Waals surface area contributed by atoms with Crippen molar-refractivity contribution in [3.63, 3.8) is 0 Å². The minimum Gasteiger partial charge on any atom is -0.351 e. The van der Waals surface area contributed by atoms with Crippen LogP contribution in [0.15, 0.2) is 29.6 Å². The summed E-state index contributed by atoms with van der Waals surface area (Å²) >= 11 is 13.8. The number of rotatable bonds is 4. The van der Waals surface area contributed by atoms with Crippen LogP contribution in [0.2, 0.25) is 10.0 Å². The van der Waals surface area contributed by atoms with Crippen LogP contribution in [0, 0.1) is 0 Å². The fraction of sp³-hybridized carbons (Fsp3) is 0.353. The molecule has 1 aromatic carbocycles. The molecule has 0 bridgehead atoms. The first-order chi connectivity index (χ1) is 11.0. The Morgan fingerprint density at radius 1 is 1.39 bits per heavy atom. The molecule has 122 valence electrons. The van der Waals surface area contributed by atoms with Gasteiger partial charge in [0.2, 0.25) is 5.91 Å². The molecule has 6 heteroatoms. The summed E-state index contributed by atoms with van der Waals surface area (Å²) in [4.78, 5) is 15.9. The zero-order valence-electron chi connectivity index (χ0n) is 12.8. The first kappa shape index (κ1) is 16.8. The molecule has 0 fully saturated rings. The largest absolute Gasteiger partial charge is 0.351 e. The lowest BCUT2D eigenvalue weighted by molar-refractivity contribution is -0.123. The maximum absolute atomic E-state index is 12.2. The fourth-order valence-corrected chi connectivity index (χ4v) is 4.31. The first-order valence-electron chi connectivity index (χ1n) is 7.55. The van der Waals surface area contributed by atoms with E-state index < -0.39 is 0 Å². The highest BCUT2D eigenvalue weighted by atomic mass is 35.5. The molecule has 0 aliphatic carbocycles. The predicted octanol–water partition coefficient (Wildman–Crippen LogP) is 4.29. The third-order valence-corrected chi connectivity index (χ3v) is 5.83. The molecule has 0 spiro atoms. The molecule has 0 saturated carbocycles. The third-order valence-electron chi connectivity index (χ3n) is 4.24. The second kappa shape index (κ2) is 7.22. The van der Waals surface area contributed by atoms with E-state index in [1.165, 1.54) is 10.4 Å². The smallest absolute Gasteiger partial charge is 0.234 e. The molecule has 1 N–H and O–H groups in total. The monoisotopic (exact) mass is 368 g/mol. The number of hydrogen-bond donors (Lipinski definition) is 1.